The first-order valence-corrected chi connectivity index (χ1v) is 10.5. The number of aryl methyl sites for hydroxylation is 1. The largest absolute Gasteiger partial charge is 0.348 e. The first kappa shape index (κ1) is 21.2. The summed E-state index contributed by atoms with van der Waals surface area (Å²) in [5, 5.41) is 3.17. The lowest BCUT2D eigenvalue weighted by atomic mass is 10.1. The smallest absolute Gasteiger partial charge is 0.244 e. The number of nitrogens with one attached hydrogen (secondary N) is 1. The summed E-state index contributed by atoms with van der Waals surface area (Å²) in [6.45, 7) is 5.05. The highest BCUT2D eigenvalue weighted by Gasteiger charge is 2.30. The topological polar surface area (TPSA) is 66.5 Å². The van der Waals surface area contributed by atoms with E-state index < -0.39 is 28.0 Å². The Morgan fingerprint density at radius 1 is 1.15 bits per heavy atom. The van der Waals surface area contributed by atoms with Gasteiger partial charge >= 0.3 is 0 Å². The highest BCUT2D eigenvalue weighted by molar-refractivity contribution is 7.92. The summed E-state index contributed by atoms with van der Waals surface area (Å²) in [7, 11) is -3.73. The third-order valence-corrected chi connectivity index (χ3v) is 5.88. The fraction of sp³-hybridized carbons (Fsp3) is 0.316. The molecule has 0 spiro atoms. The Morgan fingerprint density at radius 3 is 2.26 bits per heavy atom. The van der Waals surface area contributed by atoms with Gasteiger partial charge in [0.05, 0.1) is 18.0 Å². The lowest BCUT2D eigenvalue weighted by molar-refractivity contribution is -0.122. The summed E-state index contributed by atoms with van der Waals surface area (Å²) >= 11 is 6.12. The number of sulfonamides is 1. The molecule has 0 unspecified atom stereocenters. The monoisotopic (exact) mass is 412 g/mol. The fourth-order valence-corrected chi connectivity index (χ4v) is 4.04. The molecule has 27 heavy (non-hydrogen) atoms. The number of halogens is 2. The Kier molecular flexibility index (Phi) is 6.49. The summed E-state index contributed by atoms with van der Waals surface area (Å²) in [6.07, 6.45) is 1.04. The predicted octanol–water partition coefficient (Wildman–Crippen LogP) is 3.82. The zero-order valence-corrected chi connectivity index (χ0v) is 17.1. The van der Waals surface area contributed by atoms with E-state index >= 15 is 0 Å². The molecule has 0 heterocycles. The van der Waals surface area contributed by atoms with Crippen LogP contribution in [-0.4, -0.2) is 26.6 Å². The molecule has 0 fully saturated rings. The molecular formula is C19H22ClFN2O3S. The van der Waals surface area contributed by atoms with Crippen LogP contribution in [0.2, 0.25) is 5.02 Å². The highest BCUT2D eigenvalue weighted by Crippen LogP contribution is 2.27. The normalized spacial score (nSPS) is 13.7. The molecule has 2 rings (SSSR count). The second kappa shape index (κ2) is 8.27. The number of hydrogen-bond acceptors (Lipinski definition) is 3. The minimum atomic E-state index is -3.73. The summed E-state index contributed by atoms with van der Waals surface area (Å²) in [6, 6.07) is 9.15. The van der Waals surface area contributed by atoms with E-state index in [4.69, 9.17) is 11.6 Å². The van der Waals surface area contributed by atoms with Crippen LogP contribution >= 0.6 is 11.6 Å². The van der Waals surface area contributed by atoms with Crippen LogP contribution in [0.25, 0.3) is 0 Å². The number of carbonyl (C=O) groups is 1. The molecule has 0 aromatic heterocycles. The van der Waals surface area contributed by atoms with Crippen molar-refractivity contribution < 1.29 is 17.6 Å². The zero-order chi connectivity index (χ0) is 20.4. The Labute approximate surface area is 164 Å². The van der Waals surface area contributed by atoms with Gasteiger partial charge in [0.15, 0.2) is 0 Å². The van der Waals surface area contributed by atoms with Crippen LogP contribution in [0.3, 0.4) is 0 Å². The molecule has 2 aromatic rings. The second-order valence-corrected chi connectivity index (χ2v) is 8.72. The Balaban J connectivity index is 2.26. The van der Waals surface area contributed by atoms with Crippen LogP contribution in [-0.2, 0) is 14.8 Å². The third kappa shape index (κ3) is 5.20. The van der Waals surface area contributed by atoms with E-state index in [0.29, 0.717) is 16.3 Å². The van der Waals surface area contributed by atoms with Crippen molar-refractivity contribution in [2.24, 2.45) is 0 Å². The predicted molar refractivity (Wildman–Crippen MR) is 106 cm³/mol. The summed E-state index contributed by atoms with van der Waals surface area (Å²) in [5.74, 6) is -0.848. The van der Waals surface area contributed by atoms with E-state index in [9.17, 15) is 17.6 Å². The Bertz CT molecular complexity index is 932. The van der Waals surface area contributed by atoms with Crippen molar-refractivity contribution in [2.75, 3.05) is 10.6 Å². The van der Waals surface area contributed by atoms with Gasteiger partial charge in [0.25, 0.3) is 0 Å². The third-order valence-electron chi connectivity index (χ3n) is 4.23. The molecule has 146 valence electrons. The van der Waals surface area contributed by atoms with Gasteiger partial charge in [0.1, 0.15) is 11.9 Å². The highest BCUT2D eigenvalue weighted by atomic mass is 35.5. The lowest BCUT2D eigenvalue weighted by Crippen LogP contribution is -2.48. The average molecular weight is 413 g/mol. The van der Waals surface area contributed by atoms with Gasteiger partial charge in [0.2, 0.25) is 15.9 Å². The van der Waals surface area contributed by atoms with Crippen LogP contribution in [0.5, 0.6) is 0 Å². The molecule has 0 radical (unpaired) electrons. The number of amides is 1. The first-order chi connectivity index (χ1) is 12.5. The van der Waals surface area contributed by atoms with Crippen LogP contribution in [0, 0.1) is 12.7 Å². The number of carbonyl (C=O) groups excluding carboxylic acids is 1. The van der Waals surface area contributed by atoms with Gasteiger partial charge in [0, 0.05) is 5.02 Å². The summed E-state index contributed by atoms with van der Waals surface area (Å²) in [5.41, 5.74) is 1.82. The molecule has 5 nitrogen and oxygen atoms in total. The number of anilines is 1. The Hall–Kier alpha value is -2.12. The number of benzene rings is 2. The fourth-order valence-electron chi connectivity index (χ4n) is 2.70. The number of hydrogen-bond donors (Lipinski definition) is 1. The molecule has 0 aliphatic rings. The lowest BCUT2D eigenvalue weighted by Gasteiger charge is -2.29. The van der Waals surface area contributed by atoms with Crippen molar-refractivity contribution in [3.63, 3.8) is 0 Å². The maximum Gasteiger partial charge on any atom is 0.244 e. The molecular weight excluding hydrogens is 391 g/mol. The maximum absolute atomic E-state index is 13.1. The van der Waals surface area contributed by atoms with Gasteiger partial charge < -0.3 is 5.32 Å². The second-order valence-electron chi connectivity index (χ2n) is 6.45. The molecule has 0 saturated carbocycles. The summed E-state index contributed by atoms with van der Waals surface area (Å²) < 4.78 is 38.7. The first-order valence-electron chi connectivity index (χ1n) is 8.32. The van der Waals surface area contributed by atoms with Crippen molar-refractivity contribution in [2.45, 2.75) is 32.9 Å². The SMILES string of the molecule is Cc1ccc(N([C@@H](C)C(=O)N[C@@H](C)c2ccc(F)cc2)S(C)(=O)=O)cc1Cl. The summed E-state index contributed by atoms with van der Waals surface area (Å²) in [4.78, 5) is 12.7. The molecule has 1 N–H and O–H groups in total. The van der Waals surface area contributed by atoms with Crippen LogP contribution in [0.4, 0.5) is 10.1 Å². The van der Waals surface area contributed by atoms with E-state index in [1.165, 1.54) is 25.1 Å². The van der Waals surface area contributed by atoms with Gasteiger partial charge in [-0.15, -0.1) is 0 Å². The molecule has 2 aromatic carbocycles. The van der Waals surface area contributed by atoms with E-state index in [1.807, 2.05) is 0 Å². The van der Waals surface area contributed by atoms with Crippen LogP contribution in [0.15, 0.2) is 42.5 Å². The van der Waals surface area contributed by atoms with Crippen LogP contribution < -0.4 is 9.62 Å². The van der Waals surface area contributed by atoms with Crippen molar-refractivity contribution in [1.29, 1.82) is 0 Å². The maximum atomic E-state index is 13.1. The molecule has 0 aliphatic carbocycles. The van der Waals surface area contributed by atoms with Crippen LogP contribution in [0.1, 0.15) is 31.0 Å². The van der Waals surface area contributed by atoms with E-state index in [1.54, 1.807) is 38.1 Å². The van der Waals surface area contributed by atoms with E-state index in [2.05, 4.69) is 5.32 Å². The van der Waals surface area contributed by atoms with Gasteiger partial charge in [-0.2, -0.15) is 0 Å². The minimum Gasteiger partial charge on any atom is -0.348 e. The van der Waals surface area contributed by atoms with Gasteiger partial charge in [-0.25, -0.2) is 12.8 Å². The van der Waals surface area contributed by atoms with Gasteiger partial charge in [-0.05, 0) is 56.2 Å². The van der Waals surface area contributed by atoms with E-state index in [-0.39, 0.29) is 5.82 Å². The molecule has 0 saturated heterocycles. The zero-order valence-electron chi connectivity index (χ0n) is 15.5. The van der Waals surface area contributed by atoms with Crippen molar-refractivity contribution in [1.82, 2.24) is 5.32 Å². The van der Waals surface area contributed by atoms with Crippen molar-refractivity contribution in [3.05, 3.63) is 64.4 Å². The standard InChI is InChI=1S/C19H22ClFN2O3S/c1-12-5-10-17(11-18(12)20)23(27(4,25)26)14(3)19(24)22-13(2)15-6-8-16(21)9-7-15/h5-11,13-14H,1-4H3,(H,22,24)/t13-,14-/m0/s1. The van der Waals surface area contributed by atoms with Crippen molar-refractivity contribution >= 4 is 33.2 Å². The average Bonchev–Trinajstić information content (AvgIpc) is 2.57. The number of rotatable bonds is 6. The van der Waals surface area contributed by atoms with E-state index in [0.717, 1.165) is 16.1 Å². The van der Waals surface area contributed by atoms with Gasteiger partial charge in [-0.3, -0.25) is 9.10 Å². The molecule has 0 bridgehead atoms. The molecule has 2 atom stereocenters. The quantitative estimate of drug-likeness (QED) is 0.784. The van der Waals surface area contributed by atoms with Crippen molar-refractivity contribution in [3.8, 4) is 0 Å². The Morgan fingerprint density at radius 2 is 1.74 bits per heavy atom. The molecule has 0 aliphatic heterocycles. The number of nitrogens with zero attached hydrogens (tertiary/aromatic N) is 1. The molecule has 1 amide bonds. The van der Waals surface area contributed by atoms with Gasteiger partial charge in [-0.1, -0.05) is 29.8 Å². The minimum absolute atomic E-state index is 0.310. The molecule has 8 heteroatoms.